The van der Waals surface area contributed by atoms with Gasteiger partial charge in [0.1, 0.15) is 0 Å². The van der Waals surface area contributed by atoms with Crippen LogP contribution in [0.4, 0.5) is 0 Å². The lowest BCUT2D eigenvalue weighted by Gasteiger charge is -2.59. The van der Waals surface area contributed by atoms with Crippen LogP contribution < -0.4 is 0 Å². The highest BCUT2D eigenvalue weighted by atomic mass is 28.5. The lowest BCUT2D eigenvalue weighted by Crippen LogP contribution is -2.68. The summed E-state index contributed by atoms with van der Waals surface area (Å²) in [5, 5.41) is 0.816. The molecule has 0 atom stereocenters. The molecule has 0 nitrogen and oxygen atoms in total. The predicted octanol–water partition coefficient (Wildman–Crippen LogP) is 10.2. The van der Waals surface area contributed by atoms with Gasteiger partial charge in [0.2, 0.25) is 0 Å². The van der Waals surface area contributed by atoms with Crippen molar-refractivity contribution in [2.75, 3.05) is 0 Å². The average molecular weight is 551 g/mol. The highest BCUT2D eigenvalue weighted by Crippen LogP contribution is 2.54. The quantitative estimate of drug-likeness (QED) is 0.254. The SMILES string of the molecule is C=Cc1ccc(C([Si](C)(C)C([Si](C)(C)C)[Si](C)(C)C)[Si](C)(C)C([Si](C)(C)C)[Si](C)(C)C)cc1. The van der Waals surface area contributed by atoms with E-state index in [1.54, 1.807) is 5.56 Å². The zero-order valence-electron chi connectivity index (χ0n) is 25.3. The number of hydrogen-bond acceptors (Lipinski definition) is 0. The molecule has 0 bridgehead atoms. The normalized spacial score (nSPS) is 15.0. The van der Waals surface area contributed by atoms with Crippen LogP contribution in [-0.4, -0.2) is 48.4 Å². The van der Waals surface area contributed by atoms with Crippen molar-refractivity contribution in [1.29, 1.82) is 0 Å². The summed E-state index contributed by atoms with van der Waals surface area (Å²) in [5.41, 5.74) is 2.94. The number of benzene rings is 1. The van der Waals surface area contributed by atoms with Gasteiger partial charge in [-0.3, -0.25) is 0 Å². The van der Waals surface area contributed by atoms with Crippen LogP contribution in [-0.2, 0) is 0 Å². The minimum Gasteiger partial charge on any atom is -0.0985 e. The molecule has 0 unspecified atom stereocenters. The van der Waals surface area contributed by atoms with E-state index in [2.05, 4.69) is 136 Å². The first kappa shape index (κ1) is 31.3. The Balaban J connectivity index is 4.03. The topological polar surface area (TPSA) is 0 Å². The fraction of sp³-hybridized carbons (Fsp3) is 0.704. The molecule has 0 radical (unpaired) electrons. The van der Waals surface area contributed by atoms with Gasteiger partial charge >= 0.3 is 0 Å². The van der Waals surface area contributed by atoms with Crippen molar-refractivity contribution in [3.05, 3.63) is 42.0 Å². The van der Waals surface area contributed by atoms with Crippen LogP contribution in [0.5, 0.6) is 0 Å². The minimum atomic E-state index is -1.65. The van der Waals surface area contributed by atoms with Gasteiger partial charge in [-0.2, -0.15) is 0 Å². The van der Waals surface area contributed by atoms with Gasteiger partial charge in [0.15, 0.2) is 0 Å². The van der Waals surface area contributed by atoms with Crippen molar-refractivity contribution in [3.63, 3.8) is 0 Å². The van der Waals surface area contributed by atoms with Crippen molar-refractivity contribution in [3.8, 4) is 0 Å². The summed E-state index contributed by atoms with van der Waals surface area (Å²) in [5.74, 6) is 0. The first-order chi connectivity index (χ1) is 14.4. The Morgan fingerprint density at radius 3 is 1.00 bits per heavy atom. The molecule has 33 heavy (non-hydrogen) atoms. The van der Waals surface area contributed by atoms with Gasteiger partial charge in [0, 0.05) is 32.3 Å². The van der Waals surface area contributed by atoms with Crippen LogP contribution in [0.15, 0.2) is 30.8 Å². The monoisotopic (exact) mass is 550 g/mol. The van der Waals surface area contributed by atoms with E-state index in [4.69, 9.17) is 0 Å². The molecule has 0 N–H and O–H groups in total. The second kappa shape index (κ2) is 9.96. The second-order valence-corrected chi connectivity index (χ2v) is 51.2. The molecule has 0 saturated heterocycles. The number of hydrogen-bond donors (Lipinski definition) is 0. The molecule has 0 aliphatic carbocycles. The standard InChI is InChI=1S/C27H58Si6/c1-18-23-19-21-24(22-20-23)25(32(14,15)26(28(2,3)4)29(5,6)7)33(16,17)27(30(8,9)10)31(11,12)13/h18-22,25-27H,1H2,2-17H3. The Morgan fingerprint density at radius 1 is 0.515 bits per heavy atom. The fourth-order valence-electron chi connectivity index (χ4n) is 10.0. The third kappa shape index (κ3) is 7.15. The van der Waals surface area contributed by atoms with Gasteiger partial charge in [-0.1, -0.05) is 157 Å². The first-order valence-corrected chi connectivity index (χ1v) is 33.7. The summed E-state index contributed by atoms with van der Waals surface area (Å²) in [6, 6.07) is 9.73. The van der Waals surface area contributed by atoms with Crippen molar-refractivity contribution >= 4 is 54.5 Å². The Kier molecular flexibility index (Phi) is 9.44. The summed E-state index contributed by atoms with van der Waals surface area (Å²) in [6.45, 7) is 47.6. The Morgan fingerprint density at radius 2 is 0.788 bits per heavy atom. The van der Waals surface area contributed by atoms with E-state index < -0.39 is 48.4 Å². The maximum absolute atomic E-state index is 4.03. The van der Waals surface area contributed by atoms with E-state index in [1.807, 2.05) is 6.08 Å². The molecule has 0 aliphatic heterocycles. The highest BCUT2D eigenvalue weighted by molar-refractivity contribution is 7.20. The Labute approximate surface area is 215 Å². The zero-order chi connectivity index (χ0) is 26.4. The van der Waals surface area contributed by atoms with Crippen LogP contribution >= 0.6 is 0 Å². The van der Waals surface area contributed by atoms with Gasteiger partial charge in [-0.05, 0) is 10.7 Å². The van der Waals surface area contributed by atoms with E-state index in [0.717, 1.165) is 14.7 Å². The molecular weight excluding hydrogens is 493 g/mol. The van der Waals surface area contributed by atoms with Crippen LogP contribution in [0.2, 0.25) is 114 Å². The second-order valence-electron chi connectivity index (χ2n) is 16.3. The molecule has 1 aromatic rings. The molecule has 0 amide bonds. The van der Waals surface area contributed by atoms with E-state index in [0.29, 0.717) is 0 Å². The van der Waals surface area contributed by atoms with Crippen molar-refractivity contribution in [2.24, 2.45) is 0 Å². The van der Waals surface area contributed by atoms with Gasteiger partial charge in [0.25, 0.3) is 0 Å². The molecule has 0 aromatic heterocycles. The molecule has 6 heteroatoms. The van der Waals surface area contributed by atoms with Crippen molar-refractivity contribution in [1.82, 2.24) is 0 Å². The fourth-order valence-corrected chi connectivity index (χ4v) is 82.0. The molecular formula is C27H58Si6. The molecule has 1 aromatic carbocycles. The molecule has 0 fully saturated rings. The van der Waals surface area contributed by atoms with Crippen LogP contribution in [0.3, 0.4) is 0 Å². The van der Waals surface area contributed by atoms with Gasteiger partial charge in [0.05, 0.1) is 16.1 Å². The van der Waals surface area contributed by atoms with Gasteiger partial charge in [-0.25, -0.2) is 0 Å². The minimum absolute atomic E-state index is 0.816. The van der Waals surface area contributed by atoms with Crippen LogP contribution in [0, 0.1) is 0 Å². The third-order valence-corrected chi connectivity index (χ3v) is 55.7. The Hall–Kier alpha value is 0.261. The lowest BCUT2D eigenvalue weighted by molar-refractivity contribution is 1.10. The van der Waals surface area contributed by atoms with E-state index in [9.17, 15) is 0 Å². The first-order valence-electron chi connectivity index (χ1n) is 13.1. The van der Waals surface area contributed by atoms with Crippen LogP contribution in [0.1, 0.15) is 16.3 Å². The molecule has 1 rings (SSSR count). The van der Waals surface area contributed by atoms with E-state index >= 15 is 0 Å². The van der Waals surface area contributed by atoms with E-state index in [-0.39, 0.29) is 0 Å². The predicted molar refractivity (Wildman–Crippen MR) is 175 cm³/mol. The zero-order valence-corrected chi connectivity index (χ0v) is 31.3. The largest absolute Gasteiger partial charge is 0.0985 e. The van der Waals surface area contributed by atoms with E-state index in [1.165, 1.54) is 5.56 Å². The van der Waals surface area contributed by atoms with Crippen molar-refractivity contribution < 1.29 is 0 Å². The van der Waals surface area contributed by atoms with Gasteiger partial charge < -0.3 is 0 Å². The Bertz CT molecular complexity index is 723. The lowest BCUT2D eigenvalue weighted by atomic mass is 10.1. The molecule has 0 heterocycles. The highest BCUT2D eigenvalue weighted by Gasteiger charge is 2.60. The molecule has 0 aliphatic rings. The summed E-state index contributed by atoms with van der Waals surface area (Å²) < 4.78 is 0. The smallest absolute Gasteiger partial charge is 0.0503 e. The maximum atomic E-state index is 4.03. The van der Waals surface area contributed by atoms with Crippen LogP contribution in [0.25, 0.3) is 6.08 Å². The van der Waals surface area contributed by atoms with Gasteiger partial charge in [-0.15, -0.1) is 0 Å². The maximum Gasteiger partial charge on any atom is 0.0503 e. The summed E-state index contributed by atoms with van der Waals surface area (Å²) in [7, 11) is -8.60. The number of rotatable bonds is 10. The average Bonchev–Trinajstić information content (AvgIpc) is 2.47. The summed E-state index contributed by atoms with van der Waals surface area (Å²) in [4.78, 5) is 2.02. The summed E-state index contributed by atoms with van der Waals surface area (Å²) in [6.07, 6.45) is 2.00. The molecule has 190 valence electrons. The molecule has 0 saturated carbocycles. The summed E-state index contributed by atoms with van der Waals surface area (Å²) >= 11 is 0. The molecule has 0 spiro atoms. The third-order valence-electron chi connectivity index (χ3n) is 7.95. The van der Waals surface area contributed by atoms with Crippen molar-refractivity contribution in [2.45, 2.75) is 119 Å².